The van der Waals surface area contributed by atoms with Gasteiger partial charge in [0.1, 0.15) is 6.10 Å². The van der Waals surface area contributed by atoms with Crippen LogP contribution in [0, 0.1) is 17.8 Å². The van der Waals surface area contributed by atoms with Crippen molar-refractivity contribution in [2.45, 2.75) is 46.6 Å². The first-order valence-electron chi connectivity index (χ1n) is 6.62. The van der Waals surface area contributed by atoms with E-state index in [0.29, 0.717) is 6.10 Å². The highest BCUT2D eigenvalue weighted by Gasteiger charge is 2.18. The van der Waals surface area contributed by atoms with Gasteiger partial charge in [0, 0.05) is 6.54 Å². The Bertz CT molecular complexity index is 203. The second-order valence-corrected chi connectivity index (χ2v) is 5.52. The van der Waals surface area contributed by atoms with Gasteiger partial charge in [-0.25, -0.2) is 0 Å². The van der Waals surface area contributed by atoms with E-state index in [1.165, 1.54) is 0 Å². The Morgan fingerprint density at radius 1 is 1.25 bits per heavy atom. The molecule has 0 radical (unpaired) electrons. The van der Waals surface area contributed by atoms with Crippen molar-refractivity contribution in [1.82, 2.24) is 5.32 Å². The summed E-state index contributed by atoms with van der Waals surface area (Å²) in [4.78, 5) is 0. The average Bonchev–Trinajstić information content (AvgIpc) is 2.24. The van der Waals surface area contributed by atoms with E-state index in [1.807, 2.05) is 6.26 Å². The predicted molar refractivity (Wildman–Crippen MR) is 69.3 cm³/mol. The smallest absolute Gasteiger partial charge is 0.110 e. The summed E-state index contributed by atoms with van der Waals surface area (Å²) >= 11 is 0. The lowest BCUT2D eigenvalue weighted by Gasteiger charge is -2.27. The number of allylic oxidation sites excluding steroid dienone is 1. The van der Waals surface area contributed by atoms with Crippen molar-refractivity contribution in [2.24, 2.45) is 17.8 Å². The highest BCUT2D eigenvalue weighted by atomic mass is 16.5. The van der Waals surface area contributed by atoms with Crippen molar-refractivity contribution >= 4 is 0 Å². The molecular weight excluding hydrogens is 198 g/mol. The van der Waals surface area contributed by atoms with E-state index in [4.69, 9.17) is 4.74 Å². The van der Waals surface area contributed by atoms with Gasteiger partial charge in [0.2, 0.25) is 0 Å². The van der Waals surface area contributed by atoms with Gasteiger partial charge in [-0.2, -0.15) is 0 Å². The molecule has 0 saturated carbocycles. The molecule has 2 nitrogen and oxygen atoms in total. The highest BCUT2D eigenvalue weighted by Crippen LogP contribution is 2.19. The Morgan fingerprint density at radius 3 is 2.44 bits per heavy atom. The number of nitrogens with one attached hydrogen (secondary N) is 1. The molecule has 1 heterocycles. The number of rotatable bonds is 6. The number of ether oxygens (including phenoxy) is 1. The molecule has 1 aliphatic rings. The maximum Gasteiger partial charge on any atom is 0.110 e. The van der Waals surface area contributed by atoms with Crippen molar-refractivity contribution in [2.75, 3.05) is 13.1 Å². The molecule has 0 spiro atoms. The third-order valence-electron chi connectivity index (χ3n) is 3.49. The molecule has 0 aromatic rings. The second-order valence-electron chi connectivity index (χ2n) is 5.52. The lowest BCUT2D eigenvalue weighted by molar-refractivity contribution is 0.118. The van der Waals surface area contributed by atoms with Gasteiger partial charge in [-0.3, -0.25) is 0 Å². The van der Waals surface area contributed by atoms with Crippen LogP contribution in [0.2, 0.25) is 0 Å². The third kappa shape index (κ3) is 4.56. The van der Waals surface area contributed by atoms with Crippen molar-refractivity contribution in [3.8, 4) is 0 Å². The molecule has 1 atom stereocenters. The molecule has 94 valence electrons. The van der Waals surface area contributed by atoms with Crippen molar-refractivity contribution in [3.05, 3.63) is 12.3 Å². The quantitative estimate of drug-likeness (QED) is 0.749. The largest absolute Gasteiger partial charge is 0.497 e. The molecule has 1 rings (SSSR count). The number of hydrogen-bond donors (Lipinski definition) is 1. The summed E-state index contributed by atoms with van der Waals surface area (Å²) in [5.74, 6) is 2.26. The molecular formula is C14H27NO. The van der Waals surface area contributed by atoms with E-state index >= 15 is 0 Å². The Morgan fingerprint density at radius 2 is 1.94 bits per heavy atom. The lowest BCUT2D eigenvalue weighted by atomic mass is 9.85. The Hall–Kier alpha value is -0.500. The van der Waals surface area contributed by atoms with Crippen LogP contribution in [0.4, 0.5) is 0 Å². The first-order chi connectivity index (χ1) is 7.61. The number of hydrogen-bond acceptors (Lipinski definition) is 2. The van der Waals surface area contributed by atoms with Crippen LogP contribution in [0.25, 0.3) is 0 Å². The second kappa shape index (κ2) is 6.95. The fourth-order valence-electron chi connectivity index (χ4n) is 2.39. The van der Waals surface area contributed by atoms with E-state index in [9.17, 15) is 0 Å². The van der Waals surface area contributed by atoms with Crippen molar-refractivity contribution in [3.63, 3.8) is 0 Å². The van der Waals surface area contributed by atoms with Gasteiger partial charge < -0.3 is 10.1 Å². The van der Waals surface area contributed by atoms with Gasteiger partial charge in [-0.05, 0) is 43.2 Å². The summed E-state index contributed by atoms with van der Waals surface area (Å²) in [6.07, 6.45) is 6.63. The molecule has 0 aliphatic carbocycles. The summed E-state index contributed by atoms with van der Waals surface area (Å²) in [6, 6.07) is 0. The van der Waals surface area contributed by atoms with Crippen molar-refractivity contribution < 1.29 is 4.74 Å². The maximum absolute atomic E-state index is 5.54. The van der Waals surface area contributed by atoms with E-state index in [1.54, 1.807) is 0 Å². The van der Waals surface area contributed by atoms with Gasteiger partial charge in [0.25, 0.3) is 0 Å². The van der Waals surface area contributed by atoms with Crippen LogP contribution in [0.1, 0.15) is 40.5 Å². The molecule has 0 fully saturated rings. The summed E-state index contributed by atoms with van der Waals surface area (Å²) in [5.41, 5.74) is 0. The lowest BCUT2D eigenvalue weighted by Crippen LogP contribution is -2.35. The van der Waals surface area contributed by atoms with Crippen LogP contribution >= 0.6 is 0 Å². The topological polar surface area (TPSA) is 21.3 Å². The Balaban J connectivity index is 2.19. The molecule has 0 saturated heterocycles. The Labute approximate surface area is 100 Å². The normalized spacial score (nSPS) is 20.8. The molecule has 0 aromatic carbocycles. The van der Waals surface area contributed by atoms with Crippen LogP contribution in [-0.4, -0.2) is 19.2 Å². The van der Waals surface area contributed by atoms with E-state index < -0.39 is 0 Å². The molecule has 0 amide bonds. The molecule has 1 N–H and O–H groups in total. The molecule has 0 bridgehead atoms. The van der Waals surface area contributed by atoms with Gasteiger partial charge >= 0.3 is 0 Å². The van der Waals surface area contributed by atoms with Crippen LogP contribution in [0.15, 0.2) is 12.3 Å². The molecule has 16 heavy (non-hydrogen) atoms. The Kier molecular flexibility index (Phi) is 5.89. The maximum atomic E-state index is 5.54. The van der Waals surface area contributed by atoms with Crippen LogP contribution in [0.3, 0.4) is 0 Å². The SMILES string of the molecule is CC(C)C(CNCC1CCC=CO1)C(C)C. The van der Waals surface area contributed by atoms with Crippen molar-refractivity contribution in [1.29, 1.82) is 0 Å². The van der Waals surface area contributed by atoms with E-state index in [0.717, 1.165) is 43.7 Å². The molecule has 0 aromatic heterocycles. The minimum Gasteiger partial charge on any atom is -0.497 e. The van der Waals surface area contributed by atoms with Crippen LogP contribution in [0.5, 0.6) is 0 Å². The summed E-state index contributed by atoms with van der Waals surface area (Å²) in [6.45, 7) is 11.3. The molecule has 2 heteroatoms. The zero-order valence-electron chi connectivity index (χ0n) is 11.2. The van der Waals surface area contributed by atoms with Gasteiger partial charge in [0.15, 0.2) is 0 Å². The van der Waals surface area contributed by atoms with Gasteiger partial charge in [0.05, 0.1) is 6.26 Å². The zero-order chi connectivity index (χ0) is 12.0. The predicted octanol–water partition coefficient (Wildman–Crippen LogP) is 3.20. The molecule has 1 unspecified atom stereocenters. The minimum atomic E-state index is 0.380. The minimum absolute atomic E-state index is 0.380. The fraction of sp³-hybridized carbons (Fsp3) is 0.857. The first kappa shape index (κ1) is 13.6. The monoisotopic (exact) mass is 225 g/mol. The highest BCUT2D eigenvalue weighted by molar-refractivity contribution is 4.83. The van der Waals surface area contributed by atoms with Gasteiger partial charge in [-0.15, -0.1) is 0 Å². The summed E-state index contributed by atoms with van der Waals surface area (Å²) in [7, 11) is 0. The third-order valence-corrected chi connectivity index (χ3v) is 3.49. The van der Waals surface area contributed by atoms with E-state index in [-0.39, 0.29) is 0 Å². The zero-order valence-corrected chi connectivity index (χ0v) is 11.2. The molecule has 1 aliphatic heterocycles. The van der Waals surface area contributed by atoms with Crippen LogP contribution < -0.4 is 5.32 Å². The summed E-state index contributed by atoms with van der Waals surface area (Å²) < 4.78 is 5.54. The van der Waals surface area contributed by atoms with Gasteiger partial charge in [-0.1, -0.05) is 27.7 Å². The fourth-order valence-corrected chi connectivity index (χ4v) is 2.39. The average molecular weight is 225 g/mol. The van der Waals surface area contributed by atoms with E-state index in [2.05, 4.69) is 39.1 Å². The van der Waals surface area contributed by atoms with Crippen LogP contribution in [-0.2, 0) is 4.74 Å². The first-order valence-corrected chi connectivity index (χ1v) is 6.62. The summed E-state index contributed by atoms with van der Waals surface area (Å²) in [5, 5.41) is 3.56. The standard InChI is InChI=1S/C14H27NO/c1-11(2)14(12(3)4)10-15-9-13-7-5-6-8-16-13/h6,8,11-15H,5,7,9-10H2,1-4H3.